The van der Waals surface area contributed by atoms with Crippen molar-refractivity contribution in [3.05, 3.63) is 47.0 Å². The number of imidazole rings is 1. The Kier molecular flexibility index (Phi) is 6.36. The predicted molar refractivity (Wildman–Crippen MR) is 130 cm³/mol. The number of hydrogen-bond acceptors (Lipinski definition) is 4. The first-order valence-corrected chi connectivity index (χ1v) is 13.1. The summed E-state index contributed by atoms with van der Waals surface area (Å²) in [4.78, 5) is 45.4. The molecule has 1 aromatic carbocycles. The van der Waals surface area contributed by atoms with Gasteiger partial charge in [0.1, 0.15) is 0 Å². The molecule has 3 heterocycles. The van der Waals surface area contributed by atoms with Crippen LogP contribution in [-0.2, 0) is 9.59 Å². The molecule has 0 radical (unpaired) electrons. The van der Waals surface area contributed by atoms with Gasteiger partial charge < -0.3 is 14.8 Å². The SMILES string of the molecule is CCC1SC(CC(=O)N2CCC(n3cc(-c4ccccc4)[nH]c3=O)CC2)C(=O)N1CC1CC1. The van der Waals surface area contributed by atoms with E-state index in [1.54, 1.807) is 16.3 Å². The molecule has 1 aromatic heterocycles. The molecule has 2 aliphatic heterocycles. The zero-order valence-electron chi connectivity index (χ0n) is 19.1. The van der Waals surface area contributed by atoms with Crippen molar-refractivity contribution in [1.82, 2.24) is 19.4 Å². The summed E-state index contributed by atoms with van der Waals surface area (Å²) in [6, 6.07) is 9.90. The van der Waals surface area contributed by atoms with Crippen LogP contribution in [0.4, 0.5) is 0 Å². The molecule has 3 aliphatic rings. The molecular formula is C25H32N4O3S. The summed E-state index contributed by atoms with van der Waals surface area (Å²) in [5.74, 6) is 0.874. The third kappa shape index (κ3) is 4.76. The molecule has 0 spiro atoms. The van der Waals surface area contributed by atoms with Gasteiger partial charge >= 0.3 is 5.69 Å². The van der Waals surface area contributed by atoms with Crippen LogP contribution in [0.3, 0.4) is 0 Å². The summed E-state index contributed by atoms with van der Waals surface area (Å²) in [5, 5.41) is -0.0411. The molecule has 2 unspecified atom stereocenters. The number of amides is 2. The lowest BCUT2D eigenvalue weighted by Gasteiger charge is -2.32. The largest absolute Gasteiger partial charge is 0.342 e. The van der Waals surface area contributed by atoms with Crippen LogP contribution in [0.2, 0.25) is 0 Å². The van der Waals surface area contributed by atoms with Gasteiger partial charge in [-0.15, -0.1) is 11.8 Å². The van der Waals surface area contributed by atoms with Gasteiger partial charge in [0.15, 0.2) is 0 Å². The number of rotatable bonds is 7. The molecule has 2 amide bonds. The van der Waals surface area contributed by atoms with Crippen LogP contribution in [-0.4, -0.2) is 61.4 Å². The standard InChI is InChI=1S/C25H32N4O3S/c1-2-23-29(15-17-8-9-17)24(31)21(33-23)14-22(30)27-12-10-19(11-13-27)28-16-20(26-25(28)32)18-6-4-3-5-7-18/h3-7,16-17,19,21,23H,2,8-15H2,1H3,(H,26,32). The minimum absolute atomic E-state index is 0.0637. The number of aromatic amines is 1. The van der Waals surface area contributed by atoms with Crippen LogP contribution in [0.1, 0.15) is 51.5 Å². The van der Waals surface area contributed by atoms with Gasteiger partial charge in [-0.25, -0.2) is 4.79 Å². The minimum Gasteiger partial charge on any atom is -0.342 e. The van der Waals surface area contributed by atoms with E-state index >= 15 is 0 Å². The molecule has 3 fully saturated rings. The van der Waals surface area contributed by atoms with E-state index in [4.69, 9.17) is 0 Å². The lowest BCUT2D eigenvalue weighted by Crippen LogP contribution is -2.42. The summed E-state index contributed by atoms with van der Waals surface area (Å²) in [6.45, 7) is 4.22. The van der Waals surface area contributed by atoms with Crippen LogP contribution in [0, 0.1) is 5.92 Å². The van der Waals surface area contributed by atoms with Crippen LogP contribution < -0.4 is 5.69 Å². The molecule has 176 valence electrons. The van der Waals surface area contributed by atoms with Crippen LogP contribution in [0.25, 0.3) is 11.3 Å². The molecule has 8 heteroatoms. The van der Waals surface area contributed by atoms with Crippen LogP contribution in [0.15, 0.2) is 41.3 Å². The van der Waals surface area contributed by atoms with E-state index in [1.807, 2.05) is 46.3 Å². The second-order valence-corrected chi connectivity index (χ2v) is 10.9. The number of piperidine rings is 1. The fourth-order valence-electron chi connectivity index (χ4n) is 5.01. The maximum absolute atomic E-state index is 13.0. The summed E-state index contributed by atoms with van der Waals surface area (Å²) in [7, 11) is 0. The summed E-state index contributed by atoms with van der Waals surface area (Å²) in [5.41, 5.74) is 1.70. The van der Waals surface area contributed by atoms with Gasteiger partial charge in [0, 0.05) is 38.3 Å². The molecule has 7 nitrogen and oxygen atoms in total. The summed E-state index contributed by atoms with van der Waals surface area (Å²) < 4.78 is 1.78. The van der Waals surface area contributed by atoms with Gasteiger partial charge in [-0.1, -0.05) is 37.3 Å². The van der Waals surface area contributed by atoms with Crippen molar-refractivity contribution in [3.8, 4) is 11.3 Å². The van der Waals surface area contributed by atoms with Gasteiger partial charge in [-0.2, -0.15) is 0 Å². The monoisotopic (exact) mass is 468 g/mol. The molecular weight excluding hydrogens is 436 g/mol. The fourth-order valence-corrected chi connectivity index (χ4v) is 6.41. The Morgan fingerprint density at radius 1 is 1.09 bits per heavy atom. The lowest BCUT2D eigenvalue weighted by atomic mass is 10.0. The molecule has 2 atom stereocenters. The zero-order valence-corrected chi connectivity index (χ0v) is 19.9. The number of nitrogens with one attached hydrogen (secondary N) is 1. The number of likely N-dealkylation sites (tertiary alicyclic amines) is 1. The molecule has 1 saturated carbocycles. The number of thioether (sulfide) groups is 1. The number of aromatic nitrogens is 2. The fraction of sp³-hybridized carbons (Fsp3) is 0.560. The van der Waals surface area contributed by atoms with Gasteiger partial charge in [0.2, 0.25) is 11.8 Å². The third-order valence-electron chi connectivity index (χ3n) is 7.13. The van der Waals surface area contributed by atoms with Crippen molar-refractivity contribution in [2.45, 2.75) is 62.1 Å². The Morgan fingerprint density at radius 2 is 1.82 bits per heavy atom. The lowest BCUT2D eigenvalue weighted by molar-refractivity contribution is -0.136. The second kappa shape index (κ2) is 9.41. The average molecular weight is 469 g/mol. The zero-order chi connectivity index (χ0) is 22.9. The number of carbonyl (C=O) groups excluding carboxylic acids is 2. The smallest absolute Gasteiger partial charge is 0.326 e. The van der Waals surface area contributed by atoms with Crippen molar-refractivity contribution >= 4 is 23.6 Å². The Bertz CT molecular complexity index is 1050. The normalized spacial score (nSPS) is 24.0. The van der Waals surface area contributed by atoms with Crippen molar-refractivity contribution < 1.29 is 9.59 Å². The van der Waals surface area contributed by atoms with Crippen molar-refractivity contribution in [1.29, 1.82) is 0 Å². The van der Waals surface area contributed by atoms with E-state index in [2.05, 4.69) is 11.9 Å². The van der Waals surface area contributed by atoms with Crippen molar-refractivity contribution in [3.63, 3.8) is 0 Å². The highest BCUT2D eigenvalue weighted by Crippen LogP contribution is 2.39. The Balaban J connectivity index is 1.17. The highest BCUT2D eigenvalue weighted by atomic mass is 32.2. The Hall–Kier alpha value is -2.48. The van der Waals surface area contributed by atoms with Crippen LogP contribution in [0.5, 0.6) is 0 Å². The Labute approximate surface area is 198 Å². The highest BCUT2D eigenvalue weighted by Gasteiger charge is 2.43. The first kappa shape index (κ1) is 22.3. The van der Waals surface area contributed by atoms with E-state index in [1.165, 1.54) is 12.8 Å². The molecule has 1 aliphatic carbocycles. The first-order valence-electron chi connectivity index (χ1n) is 12.1. The molecule has 1 N–H and O–H groups in total. The van der Waals surface area contributed by atoms with E-state index < -0.39 is 0 Å². The second-order valence-electron chi connectivity index (χ2n) is 9.48. The van der Waals surface area contributed by atoms with Gasteiger partial charge in [0.25, 0.3) is 0 Å². The van der Waals surface area contributed by atoms with Gasteiger partial charge in [0.05, 0.1) is 16.3 Å². The molecule has 0 bridgehead atoms. The van der Waals surface area contributed by atoms with Crippen molar-refractivity contribution in [2.24, 2.45) is 5.92 Å². The number of hydrogen-bond donors (Lipinski definition) is 1. The molecule has 2 aromatic rings. The molecule has 33 heavy (non-hydrogen) atoms. The van der Waals surface area contributed by atoms with E-state index in [0.717, 1.165) is 37.1 Å². The average Bonchev–Trinajstić information content (AvgIpc) is 3.51. The quantitative estimate of drug-likeness (QED) is 0.675. The highest BCUT2D eigenvalue weighted by molar-refractivity contribution is 8.01. The third-order valence-corrected chi connectivity index (χ3v) is 8.73. The summed E-state index contributed by atoms with van der Waals surface area (Å²) in [6.07, 6.45) is 7.04. The van der Waals surface area contributed by atoms with E-state index in [0.29, 0.717) is 19.0 Å². The van der Waals surface area contributed by atoms with Crippen LogP contribution >= 0.6 is 11.8 Å². The topological polar surface area (TPSA) is 78.4 Å². The number of nitrogens with zero attached hydrogens (tertiary/aromatic N) is 3. The molecule has 5 rings (SSSR count). The first-order chi connectivity index (χ1) is 16.0. The maximum atomic E-state index is 13.0. The summed E-state index contributed by atoms with van der Waals surface area (Å²) >= 11 is 1.67. The maximum Gasteiger partial charge on any atom is 0.326 e. The van der Waals surface area contributed by atoms with Gasteiger partial charge in [-0.3, -0.25) is 14.2 Å². The Morgan fingerprint density at radius 3 is 2.48 bits per heavy atom. The minimum atomic E-state index is -0.250. The van der Waals surface area contributed by atoms with E-state index in [9.17, 15) is 14.4 Å². The van der Waals surface area contributed by atoms with E-state index in [-0.39, 0.29) is 40.6 Å². The number of carbonyl (C=O) groups is 2. The number of benzene rings is 1. The molecule has 2 saturated heterocycles. The predicted octanol–water partition coefficient (Wildman–Crippen LogP) is 3.49. The van der Waals surface area contributed by atoms with Crippen molar-refractivity contribution in [2.75, 3.05) is 19.6 Å². The van der Waals surface area contributed by atoms with Gasteiger partial charge in [-0.05, 0) is 43.6 Å². The number of H-pyrrole nitrogens is 1.